The molecular weight excluding hydrogens is 1730 g/mol. The number of aryl methyl sites for hydroxylation is 2. The lowest BCUT2D eigenvalue weighted by Gasteiger charge is -2.35. The highest BCUT2D eigenvalue weighted by Crippen LogP contribution is 2.46. The molecule has 6 aliphatic heterocycles. The van der Waals surface area contributed by atoms with E-state index >= 15 is 0 Å². The number of H-pyrrole nitrogens is 2. The number of aliphatic imine (C=N–C) groups is 2. The quantitative estimate of drug-likeness (QED) is 0.0312. The molecule has 22 nitrogen and oxygen atoms in total. The maximum Gasteiger partial charge on any atom is 0.251 e. The van der Waals surface area contributed by atoms with Gasteiger partial charge >= 0.3 is 0 Å². The van der Waals surface area contributed by atoms with Gasteiger partial charge in [-0.3, -0.25) is 63.6 Å². The second-order valence-electron chi connectivity index (χ2n) is 37.4. The normalized spacial score (nSPS) is 18.9. The minimum Gasteiger partial charge on any atom is -0.491 e. The number of hydrogen-bond donors (Lipinski definition) is 5. The number of Topliss-reactive ketones (excluding diaryl/α,β-unsaturated/α-hetero) is 2. The van der Waals surface area contributed by atoms with E-state index in [9.17, 15) is 41.5 Å². The number of likely N-dealkylation sites (tertiary alicyclic amines) is 2. The Morgan fingerprint density at radius 3 is 1.82 bits per heavy atom. The van der Waals surface area contributed by atoms with Gasteiger partial charge in [0.2, 0.25) is 5.56 Å². The number of pyridine rings is 2. The maximum absolute atomic E-state index is 14.3. The molecular formula is C111H108F4N16O6. The Bertz CT molecular complexity index is 7100. The van der Waals surface area contributed by atoms with Gasteiger partial charge in [0.15, 0.2) is 11.6 Å². The van der Waals surface area contributed by atoms with Gasteiger partial charge in [0.05, 0.1) is 58.5 Å². The maximum atomic E-state index is 14.3. The number of aromatic nitrogens is 8. The van der Waals surface area contributed by atoms with Gasteiger partial charge in [0, 0.05) is 211 Å². The second-order valence-corrected chi connectivity index (χ2v) is 37.4. The number of halogens is 4. The summed E-state index contributed by atoms with van der Waals surface area (Å²) in [6.45, 7) is 11.7. The molecule has 26 heteroatoms. The van der Waals surface area contributed by atoms with E-state index in [1.54, 1.807) is 71.3 Å². The Morgan fingerprint density at radius 2 is 1.15 bits per heavy atom. The predicted octanol–water partition coefficient (Wildman–Crippen LogP) is 19.1. The minimum atomic E-state index is -0.501. The summed E-state index contributed by atoms with van der Waals surface area (Å²) in [5.74, 6) is 0.815. The van der Waals surface area contributed by atoms with Crippen LogP contribution in [0.3, 0.4) is 0 Å². The lowest BCUT2D eigenvalue weighted by Crippen LogP contribution is -2.48. The van der Waals surface area contributed by atoms with Gasteiger partial charge < -0.3 is 30.2 Å². The Labute approximate surface area is 791 Å². The van der Waals surface area contributed by atoms with E-state index in [0.29, 0.717) is 84.4 Å². The first-order chi connectivity index (χ1) is 66.6. The highest BCUT2D eigenvalue weighted by atomic mass is 19.1. The molecule has 7 aliphatic rings. The smallest absolute Gasteiger partial charge is 0.251 e. The zero-order valence-corrected chi connectivity index (χ0v) is 77.0. The molecule has 0 spiro atoms. The molecule has 0 radical (unpaired) electrons. The van der Waals surface area contributed by atoms with Crippen molar-refractivity contribution in [1.82, 2.24) is 65.5 Å². The average molecular weight is 1840 g/mol. The van der Waals surface area contributed by atoms with Gasteiger partial charge in [-0.15, -0.1) is 0 Å². The van der Waals surface area contributed by atoms with Crippen LogP contribution in [0.1, 0.15) is 169 Å². The molecule has 11 heterocycles. The average Bonchev–Trinajstić information content (AvgIpc) is 1.62. The van der Waals surface area contributed by atoms with Gasteiger partial charge in [0.1, 0.15) is 34.7 Å². The molecule has 22 rings (SSSR count). The molecule has 10 aromatic carbocycles. The number of piperidine rings is 4. The van der Waals surface area contributed by atoms with Crippen molar-refractivity contribution in [3.8, 4) is 28.3 Å². The van der Waals surface area contributed by atoms with Crippen molar-refractivity contribution in [3.63, 3.8) is 0 Å². The molecule has 7 atom stereocenters. The minimum absolute atomic E-state index is 0.0411. The van der Waals surface area contributed by atoms with E-state index < -0.39 is 11.6 Å². The lowest BCUT2D eigenvalue weighted by atomic mass is 9.89. The van der Waals surface area contributed by atoms with Gasteiger partial charge in [-0.1, -0.05) is 97.1 Å². The summed E-state index contributed by atoms with van der Waals surface area (Å²) in [7, 11) is 3.63. The molecule has 5 aromatic heterocycles. The number of ether oxygens (including phenoxy) is 1. The topological polar surface area (TPSA) is 258 Å². The summed E-state index contributed by atoms with van der Waals surface area (Å²) >= 11 is 0. The van der Waals surface area contributed by atoms with Crippen LogP contribution in [0, 0.1) is 41.0 Å². The molecule has 5 fully saturated rings. The van der Waals surface area contributed by atoms with Crippen LogP contribution in [0.15, 0.2) is 276 Å². The summed E-state index contributed by atoms with van der Waals surface area (Å²) in [6.07, 6.45) is 15.0. The molecule has 1 aliphatic carbocycles. The Kier molecular flexibility index (Phi) is 27.4. The van der Waals surface area contributed by atoms with Crippen molar-refractivity contribution in [2.24, 2.45) is 41.8 Å². The number of fused-ring (bicyclic) bond motifs is 7. The molecule has 2 amide bonds. The summed E-state index contributed by atoms with van der Waals surface area (Å²) in [4.78, 5) is 84.5. The van der Waals surface area contributed by atoms with E-state index in [4.69, 9.17) is 9.73 Å². The monoisotopic (exact) mass is 1840 g/mol. The van der Waals surface area contributed by atoms with Crippen molar-refractivity contribution in [3.05, 3.63) is 367 Å². The first kappa shape index (κ1) is 91.6. The van der Waals surface area contributed by atoms with E-state index in [1.165, 1.54) is 35.9 Å². The first-order valence-corrected chi connectivity index (χ1v) is 47.3. The summed E-state index contributed by atoms with van der Waals surface area (Å²) in [5.41, 5.74) is 19.4. The number of ketones is 2. The van der Waals surface area contributed by atoms with Crippen molar-refractivity contribution in [2.75, 3.05) is 50.7 Å². The molecule has 2 bridgehead atoms. The fourth-order valence-corrected chi connectivity index (χ4v) is 20.7. The van der Waals surface area contributed by atoms with E-state index in [-0.39, 0.29) is 88.7 Å². The third-order valence-electron chi connectivity index (χ3n) is 27.5. The predicted molar refractivity (Wildman–Crippen MR) is 527 cm³/mol. The van der Waals surface area contributed by atoms with Crippen LogP contribution < -0.4 is 31.1 Å². The number of carbonyl (C=O) groups excluding carboxylic acids is 4. The van der Waals surface area contributed by atoms with Gasteiger partial charge in [-0.05, 0) is 239 Å². The molecule has 5 N–H and O–H groups in total. The second kappa shape index (κ2) is 41.0. The van der Waals surface area contributed by atoms with Gasteiger partial charge in [0.25, 0.3) is 11.8 Å². The van der Waals surface area contributed by atoms with Crippen LogP contribution >= 0.6 is 0 Å². The Hall–Kier alpha value is -14.5. The zero-order valence-electron chi connectivity index (χ0n) is 77.0. The van der Waals surface area contributed by atoms with Gasteiger partial charge in [-0.25, -0.2) is 17.6 Å². The number of carbonyl (C=O) groups is 4. The lowest BCUT2D eigenvalue weighted by molar-refractivity contribution is 0.0886. The van der Waals surface area contributed by atoms with E-state index in [1.807, 2.05) is 172 Å². The Balaban J connectivity index is 0.000000117. The molecule has 0 unspecified atom stereocenters. The third-order valence-corrected chi connectivity index (χ3v) is 27.5. The number of nitrogens with one attached hydrogen (secondary N) is 5. The molecule has 4 saturated heterocycles. The SMILES string of the molecule is CC(C)Oc1ccc(-c2n[nH]c3ccc(C(=O)N[C@@H]4CNC[C@H](c5ccccc5)C4)cc23)cc1.Cn1cc(C2=NCc3ccc(C(=O)C[C@@H]4CCCN(Cc5ccccc5F)C4)cc32)ccc1=O.Cn1cc2cc(C3=NCc4ccc(C(=O)C[C@@H]5C[C@@H]6C[C@H]5N(Cc5c(F)cccc5F)C6)cc43)ccc2n1.O=C(N[C@@H]1CCCN(c2ccccc2F)C1)c1ccc2[nH]nc(-c3ccncc3)c2c1. The number of benzene rings is 10. The standard InChI is InChI=1S/C31H28F2N4O.C28H28FN3O2.C28H30N4O2.C24H22FN5O/c1-36-16-23-11-20(7-8-28(23)35-36)31-24-12-19(5-6-21(24)14-34-31)30(38)13-22-9-18-10-29(22)37(15-18)17-25-26(32)3-2-4-27(25)33;1-31-17-23(10-11-27(31)34)28-24-14-20(8-9-21(24)15-30-28)26(33)13-19-5-4-12-32(16-19)18-22-6-2-3-7-25(22)29;1-18(2)34-24-11-8-20(9-12-24)27-25-15-21(10-13-26(25)31-32-27)28(33)30-23-14-22(16-29-17-23)19-6-4-3-5-7-19;25-20-5-1-2-6-22(20)30-13-3-4-18(15-30)27-24(31)17-7-8-21-19(14-17)23(29-28-21)16-9-11-26-12-10-16/h2-8,11-12,16,18,22,29H,9-10,13-15,17H2,1H3;2-3,6-11,14,17,19H,4-5,12-13,15-16,18H2,1H3;3-13,15,18,22-23,29H,14,16-17H2,1-2H3,(H,30,33)(H,31,32);1-2,5-12,14,18H,3-4,13,15H2,(H,27,31)(H,28,29)/t18-,22+,29-;19-;22-,23+;18-/m1011/s1. The first-order valence-electron chi connectivity index (χ1n) is 47.3. The van der Waals surface area contributed by atoms with Crippen molar-refractivity contribution in [2.45, 2.75) is 128 Å². The zero-order chi connectivity index (χ0) is 94.3. The summed E-state index contributed by atoms with van der Waals surface area (Å²) in [5, 5.41) is 32.2. The van der Waals surface area contributed by atoms with Crippen molar-refractivity contribution >= 4 is 73.2 Å². The summed E-state index contributed by atoms with van der Waals surface area (Å²) < 4.78 is 65.9. The number of anilines is 1. The highest BCUT2D eigenvalue weighted by Gasteiger charge is 2.46. The van der Waals surface area contributed by atoms with E-state index in [0.717, 1.165) is 190 Å². The van der Waals surface area contributed by atoms with Crippen LogP contribution in [0.5, 0.6) is 5.75 Å². The molecule has 15 aromatic rings. The van der Waals surface area contributed by atoms with Crippen LogP contribution in [0.25, 0.3) is 55.2 Å². The number of hydrogen-bond acceptors (Lipinski definition) is 16. The largest absolute Gasteiger partial charge is 0.491 e. The number of rotatable bonds is 22. The summed E-state index contributed by atoms with van der Waals surface area (Å²) in [6, 6.07) is 72.6. The molecule has 137 heavy (non-hydrogen) atoms. The Morgan fingerprint density at radius 1 is 0.533 bits per heavy atom. The van der Waals surface area contributed by atoms with Crippen molar-refractivity contribution in [1.29, 1.82) is 0 Å². The highest BCUT2D eigenvalue weighted by molar-refractivity contribution is 6.18. The van der Waals surface area contributed by atoms with Crippen LogP contribution in [0.4, 0.5) is 23.2 Å². The van der Waals surface area contributed by atoms with Crippen LogP contribution in [0.2, 0.25) is 0 Å². The van der Waals surface area contributed by atoms with E-state index in [2.05, 4.69) is 91.6 Å². The van der Waals surface area contributed by atoms with Gasteiger partial charge in [-0.2, -0.15) is 15.3 Å². The van der Waals surface area contributed by atoms with Crippen LogP contribution in [-0.2, 0) is 40.3 Å². The fourth-order valence-electron chi connectivity index (χ4n) is 20.7. The fraction of sp³-hybridized carbons (Fsp3) is 0.288. The number of aromatic amines is 2. The number of para-hydroxylation sites is 1. The number of nitrogens with zero attached hydrogens (tertiary/aromatic N) is 11. The molecule has 1 saturated carbocycles. The van der Waals surface area contributed by atoms with Crippen molar-refractivity contribution < 1.29 is 41.5 Å². The molecule has 696 valence electrons. The van der Waals surface area contributed by atoms with Crippen LogP contribution in [-0.4, -0.2) is 154 Å². The third kappa shape index (κ3) is 21.0. The number of amides is 2.